The van der Waals surface area contributed by atoms with Crippen molar-refractivity contribution >= 4 is 23.4 Å². The second-order valence-corrected chi connectivity index (χ2v) is 6.47. The number of nitrogens with one attached hydrogen (secondary N) is 1. The zero-order chi connectivity index (χ0) is 17.7. The minimum absolute atomic E-state index is 0.0238. The van der Waals surface area contributed by atoms with E-state index in [-0.39, 0.29) is 17.0 Å². The van der Waals surface area contributed by atoms with Crippen molar-refractivity contribution in [3.8, 4) is 0 Å². The normalized spacial score (nSPS) is 11.5. The number of nitro groups is 1. The topological polar surface area (TPSA) is 72.2 Å². The molecule has 0 aliphatic rings. The van der Waals surface area contributed by atoms with Crippen LogP contribution >= 0.6 is 0 Å². The van der Waals surface area contributed by atoms with E-state index in [1.54, 1.807) is 18.2 Å². The number of nitrogens with zero attached hydrogens (tertiary/aromatic N) is 1. The van der Waals surface area contributed by atoms with Gasteiger partial charge in [0.05, 0.1) is 4.92 Å². The van der Waals surface area contributed by atoms with E-state index in [0.717, 1.165) is 16.8 Å². The summed E-state index contributed by atoms with van der Waals surface area (Å²) in [6.45, 7) is 6.26. The molecule has 0 saturated heterocycles. The molecule has 0 spiro atoms. The van der Waals surface area contributed by atoms with Gasteiger partial charge in [0.1, 0.15) is 0 Å². The predicted octanol–water partition coefficient (Wildman–Crippen LogP) is 4.54. The fourth-order valence-corrected chi connectivity index (χ4v) is 2.30. The Morgan fingerprint density at radius 2 is 1.71 bits per heavy atom. The van der Waals surface area contributed by atoms with E-state index < -0.39 is 4.92 Å². The van der Waals surface area contributed by atoms with Gasteiger partial charge in [-0.15, -0.1) is 0 Å². The summed E-state index contributed by atoms with van der Waals surface area (Å²) >= 11 is 0. The quantitative estimate of drug-likeness (QED) is 0.509. The van der Waals surface area contributed by atoms with Crippen LogP contribution in [0.5, 0.6) is 0 Å². The molecule has 0 aromatic heterocycles. The summed E-state index contributed by atoms with van der Waals surface area (Å²) < 4.78 is 0. The van der Waals surface area contributed by atoms with Crippen molar-refractivity contribution in [2.45, 2.75) is 26.2 Å². The Hall–Kier alpha value is -2.95. The maximum atomic E-state index is 12.1. The number of amides is 1. The first kappa shape index (κ1) is 17.4. The summed E-state index contributed by atoms with van der Waals surface area (Å²) in [6.07, 6.45) is 3.04. The van der Waals surface area contributed by atoms with Gasteiger partial charge in [-0.3, -0.25) is 14.9 Å². The Kier molecular flexibility index (Phi) is 5.14. The second-order valence-electron chi connectivity index (χ2n) is 6.47. The minimum Gasteiger partial charge on any atom is -0.322 e. The lowest BCUT2D eigenvalue weighted by Gasteiger charge is -2.22. The van der Waals surface area contributed by atoms with Gasteiger partial charge >= 0.3 is 0 Å². The van der Waals surface area contributed by atoms with Crippen molar-refractivity contribution in [3.63, 3.8) is 0 Å². The van der Waals surface area contributed by atoms with Crippen molar-refractivity contribution in [3.05, 3.63) is 75.8 Å². The third kappa shape index (κ3) is 4.52. The van der Waals surface area contributed by atoms with E-state index >= 15 is 0 Å². The van der Waals surface area contributed by atoms with Crippen LogP contribution in [0.15, 0.2) is 54.6 Å². The molecule has 0 aliphatic heterocycles. The molecule has 5 nitrogen and oxygen atoms in total. The molecule has 24 heavy (non-hydrogen) atoms. The summed E-state index contributed by atoms with van der Waals surface area (Å²) in [7, 11) is 0. The number of hydrogen-bond acceptors (Lipinski definition) is 3. The third-order valence-corrected chi connectivity index (χ3v) is 3.52. The van der Waals surface area contributed by atoms with Crippen LogP contribution in [-0.2, 0) is 10.2 Å². The van der Waals surface area contributed by atoms with Crippen molar-refractivity contribution in [2.24, 2.45) is 0 Å². The monoisotopic (exact) mass is 324 g/mol. The summed E-state index contributed by atoms with van der Waals surface area (Å²) in [4.78, 5) is 22.3. The summed E-state index contributed by atoms with van der Waals surface area (Å²) in [5, 5.41) is 13.5. The maximum Gasteiger partial charge on any atom is 0.269 e. The van der Waals surface area contributed by atoms with Gasteiger partial charge in [0, 0.05) is 23.9 Å². The summed E-state index contributed by atoms with van der Waals surface area (Å²) in [5.74, 6) is -0.245. The van der Waals surface area contributed by atoms with E-state index in [4.69, 9.17) is 0 Å². The summed E-state index contributed by atoms with van der Waals surface area (Å²) in [5.41, 5.74) is 2.51. The number of rotatable bonds is 4. The lowest BCUT2D eigenvalue weighted by molar-refractivity contribution is -0.384. The van der Waals surface area contributed by atoms with Gasteiger partial charge in [0.25, 0.3) is 5.69 Å². The standard InChI is InChI=1S/C19H20N2O3/c1-19(2,3)16-6-4-5-7-17(16)20-18(22)13-10-14-8-11-15(12-9-14)21(23)24/h4-13H,1-3H3,(H,20,22)/b13-10+. The van der Waals surface area contributed by atoms with E-state index in [2.05, 4.69) is 26.1 Å². The molecule has 2 aromatic rings. The average Bonchev–Trinajstić information content (AvgIpc) is 2.53. The highest BCUT2D eigenvalue weighted by Crippen LogP contribution is 2.29. The third-order valence-electron chi connectivity index (χ3n) is 3.52. The highest BCUT2D eigenvalue weighted by atomic mass is 16.6. The Morgan fingerprint density at radius 3 is 2.29 bits per heavy atom. The highest BCUT2D eigenvalue weighted by Gasteiger charge is 2.17. The fourth-order valence-electron chi connectivity index (χ4n) is 2.30. The molecule has 1 N–H and O–H groups in total. The molecule has 2 rings (SSSR count). The highest BCUT2D eigenvalue weighted by molar-refractivity contribution is 6.02. The van der Waals surface area contributed by atoms with Crippen molar-refractivity contribution < 1.29 is 9.72 Å². The number of non-ortho nitro benzene ring substituents is 1. The van der Waals surface area contributed by atoms with Crippen LogP contribution in [0.4, 0.5) is 11.4 Å². The molecule has 0 fully saturated rings. The van der Waals surface area contributed by atoms with Gasteiger partial charge in [-0.2, -0.15) is 0 Å². The lowest BCUT2D eigenvalue weighted by Crippen LogP contribution is -2.17. The molecule has 0 atom stereocenters. The van der Waals surface area contributed by atoms with Crippen LogP contribution in [0.3, 0.4) is 0 Å². The summed E-state index contributed by atoms with van der Waals surface area (Å²) in [6, 6.07) is 13.7. The Balaban J connectivity index is 2.10. The zero-order valence-electron chi connectivity index (χ0n) is 13.9. The van der Waals surface area contributed by atoms with Gasteiger partial charge in [0.2, 0.25) is 5.91 Å². The van der Waals surface area contributed by atoms with Crippen LogP contribution in [-0.4, -0.2) is 10.8 Å². The predicted molar refractivity (Wildman–Crippen MR) is 95.9 cm³/mol. The minimum atomic E-state index is -0.455. The maximum absolute atomic E-state index is 12.1. The second kappa shape index (κ2) is 7.08. The number of carbonyl (C=O) groups is 1. The lowest BCUT2D eigenvalue weighted by atomic mass is 9.86. The van der Waals surface area contributed by atoms with Gasteiger partial charge in [-0.1, -0.05) is 39.0 Å². The molecule has 5 heteroatoms. The number of para-hydroxylation sites is 1. The number of carbonyl (C=O) groups excluding carboxylic acids is 1. The van der Waals surface area contributed by atoms with Crippen LogP contribution < -0.4 is 5.32 Å². The zero-order valence-corrected chi connectivity index (χ0v) is 13.9. The molecular weight excluding hydrogens is 304 g/mol. The van der Waals surface area contributed by atoms with E-state index in [9.17, 15) is 14.9 Å². The molecule has 0 unspecified atom stereocenters. The first-order valence-corrected chi connectivity index (χ1v) is 7.60. The molecule has 0 radical (unpaired) electrons. The van der Waals surface area contributed by atoms with Gasteiger partial charge in [-0.25, -0.2) is 0 Å². The Bertz CT molecular complexity index is 772. The Labute approximate surface area is 141 Å². The van der Waals surface area contributed by atoms with E-state index in [1.165, 1.54) is 18.2 Å². The van der Waals surface area contributed by atoms with Gasteiger partial charge < -0.3 is 5.32 Å². The average molecular weight is 324 g/mol. The molecule has 124 valence electrons. The largest absolute Gasteiger partial charge is 0.322 e. The van der Waals surface area contributed by atoms with Crippen molar-refractivity contribution in [1.29, 1.82) is 0 Å². The first-order valence-electron chi connectivity index (χ1n) is 7.60. The molecule has 0 heterocycles. The van der Waals surface area contributed by atoms with Crippen molar-refractivity contribution in [1.82, 2.24) is 0 Å². The molecule has 2 aromatic carbocycles. The molecular formula is C19H20N2O3. The smallest absolute Gasteiger partial charge is 0.269 e. The van der Waals surface area contributed by atoms with Crippen molar-refractivity contribution in [2.75, 3.05) is 5.32 Å². The van der Waals surface area contributed by atoms with E-state index in [0.29, 0.717) is 0 Å². The molecule has 0 bridgehead atoms. The SMILES string of the molecule is CC(C)(C)c1ccccc1NC(=O)/C=C/c1ccc([N+](=O)[O-])cc1. The van der Waals surface area contributed by atoms with Crippen LogP contribution in [0.2, 0.25) is 0 Å². The number of nitro benzene ring substituents is 1. The first-order chi connectivity index (χ1) is 11.3. The number of benzene rings is 2. The number of anilines is 1. The molecule has 0 aliphatic carbocycles. The van der Waals surface area contributed by atoms with Crippen LogP contribution in [0.25, 0.3) is 6.08 Å². The molecule has 1 amide bonds. The van der Waals surface area contributed by atoms with Gasteiger partial charge in [0.15, 0.2) is 0 Å². The van der Waals surface area contributed by atoms with Gasteiger partial charge in [-0.05, 0) is 40.8 Å². The number of hydrogen-bond donors (Lipinski definition) is 1. The van der Waals surface area contributed by atoms with Crippen LogP contribution in [0, 0.1) is 10.1 Å². The molecule has 0 saturated carbocycles. The fraction of sp³-hybridized carbons (Fsp3) is 0.211. The van der Waals surface area contributed by atoms with E-state index in [1.807, 2.05) is 24.3 Å². The Morgan fingerprint density at radius 1 is 1.08 bits per heavy atom. The van der Waals surface area contributed by atoms with Crippen LogP contribution in [0.1, 0.15) is 31.9 Å².